The Labute approximate surface area is 240 Å². The molecule has 2 aromatic carbocycles. The van der Waals surface area contributed by atoms with E-state index in [1.165, 1.54) is 11.0 Å². The van der Waals surface area contributed by atoms with Crippen LogP contribution in [0.5, 0.6) is 5.75 Å². The monoisotopic (exact) mass is 581 g/mol. The van der Waals surface area contributed by atoms with Crippen LogP contribution < -0.4 is 9.64 Å². The summed E-state index contributed by atoms with van der Waals surface area (Å²) in [4.78, 5) is 19.6. The van der Waals surface area contributed by atoms with Crippen LogP contribution in [0.1, 0.15) is 32.8 Å². The first-order chi connectivity index (χ1) is 19.4. The van der Waals surface area contributed by atoms with Crippen molar-refractivity contribution in [2.24, 2.45) is 5.16 Å². The van der Waals surface area contributed by atoms with Crippen LogP contribution in [0.15, 0.2) is 53.9 Å². The number of oxime groups is 1. The third kappa shape index (κ3) is 6.13. The molecule has 1 fully saturated rings. The Hall–Kier alpha value is -3.77. The van der Waals surface area contributed by atoms with Crippen LogP contribution in [0, 0.1) is 5.82 Å². The van der Waals surface area contributed by atoms with Crippen molar-refractivity contribution in [2.75, 3.05) is 25.2 Å². The molecule has 218 valence electrons. The quantitative estimate of drug-likeness (QED) is 0.302. The summed E-state index contributed by atoms with van der Waals surface area (Å²) in [5.41, 5.74) is 3.00. The van der Waals surface area contributed by atoms with E-state index in [-0.39, 0.29) is 17.7 Å². The van der Waals surface area contributed by atoms with Crippen molar-refractivity contribution in [3.63, 3.8) is 0 Å². The fourth-order valence-electron chi connectivity index (χ4n) is 4.56. The number of anilines is 1. The SMILES string of the molecule is COc1cc(-c2ccc(N3C[C@H](Cn4ccnn4)OC3=O)cc2F)ccc1C1=NOC(CO[Si](C)(C)C(C)(C)C)C1. The van der Waals surface area contributed by atoms with E-state index in [0.29, 0.717) is 42.1 Å². The van der Waals surface area contributed by atoms with Gasteiger partial charge >= 0.3 is 6.09 Å². The molecular formula is C29H36FN5O5Si. The zero-order valence-electron chi connectivity index (χ0n) is 24.3. The lowest BCUT2D eigenvalue weighted by Crippen LogP contribution is -2.42. The van der Waals surface area contributed by atoms with Gasteiger partial charge in [-0.25, -0.2) is 13.9 Å². The summed E-state index contributed by atoms with van der Waals surface area (Å²) in [6.07, 6.45) is 2.74. The van der Waals surface area contributed by atoms with Crippen molar-refractivity contribution >= 4 is 25.8 Å². The number of rotatable bonds is 9. The van der Waals surface area contributed by atoms with Crippen molar-refractivity contribution in [1.29, 1.82) is 0 Å². The number of carbonyl (C=O) groups excluding carboxylic acids is 1. The topological polar surface area (TPSA) is 100 Å². The Balaban J connectivity index is 1.26. The number of ether oxygens (including phenoxy) is 2. The number of hydrogen-bond donors (Lipinski definition) is 0. The Morgan fingerprint density at radius 1 is 1.12 bits per heavy atom. The molecule has 0 N–H and O–H groups in total. The van der Waals surface area contributed by atoms with E-state index in [2.05, 4.69) is 49.3 Å². The Bertz CT molecular complexity index is 1440. The summed E-state index contributed by atoms with van der Waals surface area (Å²) < 4.78 is 34.4. The molecule has 3 aromatic rings. The highest BCUT2D eigenvalue weighted by Crippen LogP contribution is 2.38. The van der Waals surface area contributed by atoms with Crippen LogP contribution in [0.4, 0.5) is 14.9 Å². The van der Waals surface area contributed by atoms with Gasteiger partial charge in [0.15, 0.2) is 14.4 Å². The van der Waals surface area contributed by atoms with E-state index in [1.807, 2.05) is 12.1 Å². The molecular weight excluding hydrogens is 545 g/mol. The van der Waals surface area contributed by atoms with Crippen molar-refractivity contribution in [3.05, 3.63) is 60.2 Å². The molecule has 0 saturated carbocycles. The molecule has 1 aromatic heterocycles. The minimum atomic E-state index is -1.90. The summed E-state index contributed by atoms with van der Waals surface area (Å²) in [6.45, 7) is 12.2. The Morgan fingerprint density at radius 3 is 2.59 bits per heavy atom. The Morgan fingerprint density at radius 2 is 1.90 bits per heavy atom. The molecule has 2 atom stereocenters. The lowest BCUT2D eigenvalue weighted by molar-refractivity contribution is 0.0427. The van der Waals surface area contributed by atoms with E-state index in [1.54, 1.807) is 42.4 Å². The first kappa shape index (κ1) is 28.7. The predicted octanol–water partition coefficient (Wildman–Crippen LogP) is 5.63. The third-order valence-electron chi connectivity index (χ3n) is 7.99. The van der Waals surface area contributed by atoms with Crippen molar-refractivity contribution in [1.82, 2.24) is 15.0 Å². The van der Waals surface area contributed by atoms with Gasteiger partial charge in [0.2, 0.25) is 0 Å². The molecule has 0 bridgehead atoms. The number of cyclic esters (lactones) is 1. The number of carbonyl (C=O) groups is 1. The maximum absolute atomic E-state index is 15.4. The number of halogens is 1. The van der Waals surface area contributed by atoms with Gasteiger partial charge in [-0.2, -0.15) is 0 Å². The first-order valence-electron chi connectivity index (χ1n) is 13.6. The molecule has 3 heterocycles. The average Bonchev–Trinajstić information content (AvgIpc) is 3.68. The van der Waals surface area contributed by atoms with Gasteiger partial charge in [-0.3, -0.25) is 4.90 Å². The van der Waals surface area contributed by atoms with Crippen LogP contribution in [0.25, 0.3) is 11.1 Å². The number of hydrogen-bond acceptors (Lipinski definition) is 8. The zero-order valence-corrected chi connectivity index (χ0v) is 25.3. The largest absolute Gasteiger partial charge is 0.496 e. The predicted molar refractivity (Wildman–Crippen MR) is 155 cm³/mol. The van der Waals surface area contributed by atoms with Gasteiger partial charge in [0.1, 0.15) is 17.7 Å². The van der Waals surface area contributed by atoms with Gasteiger partial charge in [0.05, 0.1) is 44.4 Å². The molecule has 10 nitrogen and oxygen atoms in total. The molecule has 2 aliphatic rings. The second-order valence-corrected chi connectivity index (χ2v) is 16.7. The molecule has 0 radical (unpaired) electrons. The Kier molecular flexibility index (Phi) is 7.88. The van der Waals surface area contributed by atoms with Crippen LogP contribution in [-0.2, 0) is 20.5 Å². The summed E-state index contributed by atoms with van der Waals surface area (Å²) in [6, 6.07) is 10.2. The molecule has 1 unspecified atom stereocenters. The standard InChI is InChI=1S/C29H36FN5O5Si/c1-29(2,3)41(5,6)38-18-21-15-26(32-40-21)24-9-7-19(13-27(24)37-4)23-10-8-20(14-25(23)30)35-17-22(39-28(35)36)16-34-12-11-31-33-34/h7-14,21-22H,15-18H2,1-6H3/t21?,22-/m0/s1. The molecule has 0 spiro atoms. The molecule has 0 aliphatic carbocycles. The smallest absolute Gasteiger partial charge is 0.414 e. The average molecular weight is 582 g/mol. The van der Waals surface area contributed by atoms with E-state index in [0.717, 1.165) is 11.3 Å². The van der Waals surface area contributed by atoms with Gasteiger partial charge in [0, 0.05) is 23.7 Å². The van der Waals surface area contributed by atoms with Crippen LogP contribution in [0.2, 0.25) is 18.1 Å². The highest BCUT2D eigenvalue weighted by atomic mass is 28.4. The lowest BCUT2D eigenvalue weighted by atomic mass is 9.98. The highest BCUT2D eigenvalue weighted by molar-refractivity contribution is 6.74. The number of benzene rings is 2. The number of aromatic nitrogens is 3. The first-order valence-corrected chi connectivity index (χ1v) is 16.5. The molecule has 2 aliphatic heterocycles. The normalized spacial score (nSPS) is 19.2. The highest BCUT2D eigenvalue weighted by Gasteiger charge is 2.38. The summed E-state index contributed by atoms with van der Waals surface area (Å²) in [7, 11) is -0.327. The van der Waals surface area contributed by atoms with Gasteiger partial charge < -0.3 is 18.7 Å². The van der Waals surface area contributed by atoms with Gasteiger partial charge in [-0.05, 0) is 54.0 Å². The van der Waals surface area contributed by atoms with E-state index in [4.69, 9.17) is 18.7 Å². The van der Waals surface area contributed by atoms with Gasteiger partial charge in [-0.15, -0.1) is 5.10 Å². The van der Waals surface area contributed by atoms with Crippen molar-refractivity contribution in [3.8, 4) is 16.9 Å². The van der Waals surface area contributed by atoms with Gasteiger partial charge in [-0.1, -0.05) is 37.2 Å². The summed E-state index contributed by atoms with van der Waals surface area (Å²) in [5, 5.41) is 12.1. The third-order valence-corrected chi connectivity index (χ3v) is 12.5. The zero-order chi connectivity index (χ0) is 29.4. The molecule has 1 amide bonds. The minimum absolute atomic E-state index is 0.112. The minimum Gasteiger partial charge on any atom is -0.496 e. The fourth-order valence-corrected chi connectivity index (χ4v) is 5.60. The second kappa shape index (κ2) is 11.2. The van der Waals surface area contributed by atoms with Crippen molar-refractivity contribution < 1.29 is 27.9 Å². The van der Waals surface area contributed by atoms with E-state index < -0.39 is 26.3 Å². The number of methoxy groups -OCH3 is 1. The van der Waals surface area contributed by atoms with Crippen molar-refractivity contribution in [2.45, 2.75) is 64.1 Å². The maximum Gasteiger partial charge on any atom is 0.414 e. The lowest BCUT2D eigenvalue weighted by Gasteiger charge is -2.36. The molecule has 41 heavy (non-hydrogen) atoms. The van der Waals surface area contributed by atoms with Crippen LogP contribution >= 0.6 is 0 Å². The van der Waals surface area contributed by atoms with Gasteiger partial charge in [0.25, 0.3) is 0 Å². The van der Waals surface area contributed by atoms with Crippen LogP contribution in [0.3, 0.4) is 0 Å². The molecule has 1 saturated heterocycles. The van der Waals surface area contributed by atoms with E-state index >= 15 is 4.39 Å². The summed E-state index contributed by atoms with van der Waals surface area (Å²) >= 11 is 0. The van der Waals surface area contributed by atoms with E-state index in [9.17, 15) is 4.79 Å². The molecule has 12 heteroatoms. The fraction of sp³-hybridized carbons (Fsp3) is 0.448. The number of amides is 1. The second-order valence-electron chi connectivity index (χ2n) is 11.9. The maximum atomic E-state index is 15.4. The molecule has 5 rings (SSSR count). The van der Waals surface area contributed by atoms with Crippen LogP contribution in [-0.4, -0.2) is 67.6 Å². The summed E-state index contributed by atoms with van der Waals surface area (Å²) in [5.74, 6) is 0.104. The number of nitrogens with zero attached hydrogens (tertiary/aromatic N) is 5.